The predicted octanol–water partition coefficient (Wildman–Crippen LogP) is 1.86. The van der Waals surface area contributed by atoms with Gasteiger partial charge in [-0.15, -0.1) is 0 Å². The van der Waals surface area contributed by atoms with Crippen LogP contribution in [0.1, 0.15) is 22.3 Å². The van der Waals surface area contributed by atoms with Crippen molar-refractivity contribution < 1.29 is 9.59 Å². The van der Waals surface area contributed by atoms with Crippen LogP contribution in [-0.2, 0) is 18.3 Å². The highest BCUT2D eigenvalue weighted by molar-refractivity contribution is 6.30. The van der Waals surface area contributed by atoms with Crippen molar-refractivity contribution in [2.24, 2.45) is 13.0 Å². The summed E-state index contributed by atoms with van der Waals surface area (Å²) in [5.41, 5.74) is 1.41. The molecule has 142 valence electrons. The van der Waals surface area contributed by atoms with E-state index in [0.29, 0.717) is 36.6 Å². The Morgan fingerprint density at radius 2 is 1.93 bits per heavy atom. The number of benzene rings is 1. The fraction of sp³-hybridized carbons (Fsp3) is 0.350. The molecule has 1 aromatic heterocycles. The summed E-state index contributed by atoms with van der Waals surface area (Å²) in [6.45, 7) is 1.48. The second-order valence-corrected chi connectivity index (χ2v) is 7.21. The summed E-state index contributed by atoms with van der Waals surface area (Å²) in [7, 11) is 1.61. The molecule has 1 N–H and O–H groups in total. The number of aromatic nitrogens is 1. The number of aryl methyl sites for hydroxylation is 1. The molecule has 1 atom stereocenters. The number of pyridine rings is 1. The molecule has 2 heterocycles. The quantitative estimate of drug-likeness (QED) is 0.851. The number of likely N-dealkylation sites (tertiary alicyclic amines) is 1. The van der Waals surface area contributed by atoms with Crippen molar-refractivity contribution in [3.05, 3.63) is 69.1 Å². The first-order chi connectivity index (χ1) is 12.9. The Balaban J connectivity index is 1.50. The van der Waals surface area contributed by atoms with E-state index in [2.05, 4.69) is 5.32 Å². The minimum absolute atomic E-state index is 0.0280. The number of amides is 2. The third-order valence-electron chi connectivity index (χ3n) is 4.81. The van der Waals surface area contributed by atoms with Gasteiger partial charge in [0.1, 0.15) is 0 Å². The molecule has 1 aliphatic rings. The average molecular weight is 388 g/mol. The van der Waals surface area contributed by atoms with Crippen molar-refractivity contribution >= 4 is 23.4 Å². The zero-order chi connectivity index (χ0) is 19.4. The van der Waals surface area contributed by atoms with E-state index < -0.39 is 0 Å². The summed E-state index contributed by atoms with van der Waals surface area (Å²) in [4.78, 5) is 38.1. The second kappa shape index (κ2) is 8.39. The minimum Gasteiger partial charge on any atom is -0.355 e. The summed E-state index contributed by atoms with van der Waals surface area (Å²) in [5.74, 6) is -0.381. The molecule has 0 bridgehead atoms. The lowest BCUT2D eigenvalue weighted by atomic mass is 10.1. The Morgan fingerprint density at radius 3 is 2.63 bits per heavy atom. The Bertz CT molecular complexity index is 892. The van der Waals surface area contributed by atoms with E-state index in [-0.39, 0.29) is 23.3 Å². The molecule has 27 heavy (non-hydrogen) atoms. The van der Waals surface area contributed by atoms with E-state index in [1.54, 1.807) is 11.9 Å². The number of nitrogens with one attached hydrogen (secondary N) is 1. The number of carbonyl (C=O) groups excluding carboxylic acids is 2. The van der Waals surface area contributed by atoms with Gasteiger partial charge in [-0.3, -0.25) is 14.4 Å². The molecule has 1 aromatic carbocycles. The number of halogens is 1. The van der Waals surface area contributed by atoms with Gasteiger partial charge < -0.3 is 14.8 Å². The van der Waals surface area contributed by atoms with E-state index in [1.165, 1.54) is 22.9 Å². The molecule has 6 nitrogen and oxygen atoms in total. The molecule has 2 amide bonds. The maximum Gasteiger partial charge on any atom is 0.255 e. The fourth-order valence-electron chi connectivity index (χ4n) is 3.19. The van der Waals surface area contributed by atoms with Crippen LogP contribution in [0.15, 0.2) is 47.4 Å². The largest absolute Gasteiger partial charge is 0.355 e. The first kappa shape index (κ1) is 19.2. The van der Waals surface area contributed by atoms with Gasteiger partial charge in [-0.2, -0.15) is 0 Å². The normalized spacial score (nSPS) is 16.4. The first-order valence-electron chi connectivity index (χ1n) is 8.92. The van der Waals surface area contributed by atoms with Crippen LogP contribution in [0.4, 0.5) is 0 Å². The molecule has 0 aliphatic carbocycles. The van der Waals surface area contributed by atoms with Crippen LogP contribution in [0.2, 0.25) is 5.02 Å². The molecule has 0 spiro atoms. The molecule has 3 rings (SSSR count). The SMILES string of the molecule is Cn1cc(C(=O)N2CCC(C(=O)NCCc3ccc(Cl)cc3)C2)ccc1=O. The van der Waals surface area contributed by atoms with Gasteiger partial charge in [0.05, 0.1) is 11.5 Å². The molecule has 1 aliphatic heterocycles. The van der Waals surface area contributed by atoms with E-state index in [0.717, 1.165) is 12.0 Å². The van der Waals surface area contributed by atoms with Crippen molar-refractivity contribution in [3.8, 4) is 0 Å². The van der Waals surface area contributed by atoms with E-state index >= 15 is 0 Å². The number of nitrogens with zero attached hydrogens (tertiary/aromatic N) is 2. The zero-order valence-corrected chi connectivity index (χ0v) is 15.9. The zero-order valence-electron chi connectivity index (χ0n) is 15.2. The van der Waals surface area contributed by atoms with Crippen LogP contribution in [0.5, 0.6) is 0 Å². The highest BCUT2D eigenvalue weighted by atomic mass is 35.5. The van der Waals surface area contributed by atoms with Crippen molar-refractivity contribution in [1.82, 2.24) is 14.8 Å². The molecule has 1 fully saturated rings. The van der Waals surface area contributed by atoms with Crippen molar-refractivity contribution in [2.45, 2.75) is 12.8 Å². The highest BCUT2D eigenvalue weighted by Gasteiger charge is 2.31. The monoisotopic (exact) mass is 387 g/mol. The van der Waals surface area contributed by atoms with Crippen LogP contribution < -0.4 is 10.9 Å². The molecule has 0 saturated carbocycles. The number of rotatable bonds is 5. The van der Waals surface area contributed by atoms with Gasteiger partial charge in [-0.25, -0.2) is 0 Å². The predicted molar refractivity (Wildman–Crippen MR) is 104 cm³/mol. The number of hydrogen-bond acceptors (Lipinski definition) is 3. The summed E-state index contributed by atoms with van der Waals surface area (Å²) < 4.78 is 1.38. The Kier molecular flexibility index (Phi) is 5.96. The van der Waals surface area contributed by atoms with Crippen molar-refractivity contribution in [3.63, 3.8) is 0 Å². The van der Waals surface area contributed by atoms with Gasteiger partial charge in [-0.05, 0) is 36.6 Å². The second-order valence-electron chi connectivity index (χ2n) is 6.77. The Labute approximate surface area is 162 Å². The van der Waals surface area contributed by atoms with Crippen LogP contribution in [0.25, 0.3) is 0 Å². The standard InChI is InChI=1S/C20H22ClN3O3/c1-23-12-16(4-7-18(23)25)20(27)24-11-9-15(13-24)19(26)22-10-8-14-2-5-17(21)6-3-14/h2-7,12,15H,8-11,13H2,1H3,(H,22,26). The summed E-state index contributed by atoms with van der Waals surface area (Å²) >= 11 is 5.86. The Morgan fingerprint density at radius 1 is 1.19 bits per heavy atom. The Hall–Kier alpha value is -2.60. The van der Waals surface area contributed by atoms with Gasteiger partial charge >= 0.3 is 0 Å². The number of hydrogen-bond donors (Lipinski definition) is 1. The molecule has 1 unspecified atom stereocenters. The van der Waals surface area contributed by atoms with Crippen LogP contribution in [0.3, 0.4) is 0 Å². The maximum atomic E-state index is 12.6. The van der Waals surface area contributed by atoms with Crippen LogP contribution in [-0.4, -0.2) is 40.9 Å². The minimum atomic E-state index is -0.202. The fourth-order valence-corrected chi connectivity index (χ4v) is 3.31. The lowest BCUT2D eigenvalue weighted by Crippen LogP contribution is -2.35. The van der Waals surface area contributed by atoms with Crippen LogP contribution >= 0.6 is 11.6 Å². The third-order valence-corrected chi connectivity index (χ3v) is 5.06. The van der Waals surface area contributed by atoms with Gasteiger partial charge in [0.25, 0.3) is 5.91 Å². The topological polar surface area (TPSA) is 71.4 Å². The van der Waals surface area contributed by atoms with Gasteiger partial charge in [0.2, 0.25) is 11.5 Å². The van der Waals surface area contributed by atoms with Gasteiger partial charge in [0, 0.05) is 44.0 Å². The number of carbonyl (C=O) groups is 2. The molecule has 0 radical (unpaired) electrons. The lowest BCUT2D eigenvalue weighted by Gasteiger charge is -2.17. The van der Waals surface area contributed by atoms with E-state index in [4.69, 9.17) is 11.6 Å². The van der Waals surface area contributed by atoms with Crippen molar-refractivity contribution in [1.29, 1.82) is 0 Å². The average Bonchev–Trinajstić information content (AvgIpc) is 3.15. The maximum absolute atomic E-state index is 12.6. The summed E-state index contributed by atoms with van der Waals surface area (Å²) in [5, 5.41) is 3.64. The van der Waals surface area contributed by atoms with E-state index in [9.17, 15) is 14.4 Å². The smallest absolute Gasteiger partial charge is 0.255 e. The molecular weight excluding hydrogens is 366 g/mol. The highest BCUT2D eigenvalue weighted by Crippen LogP contribution is 2.19. The molecule has 2 aromatic rings. The summed E-state index contributed by atoms with van der Waals surface area (Å²) in [6, 6.07) is 10.5. The first-order valence-corrected chi connectivity index (χ1v) is 9.30. The van der Waals surface area contributed by atoms with Crippen molar-refractivity contribution in [2.75, 3.05) is 19.6 Å². The third kappa shape index (κ3) is 4.77. The molecule has 7 heteroatoms. The van der Waals surface area contributed by atoms with Gasteiger partial charge in [-0.1, -0.05) is 23.7 Å². The van der Waals surface area contributed by atoms with Gasteiger partial charge in [0.15, 0.2) is 0 Å². The van der Waals surface area contributed by atoms with Crippen LogP contribution in [0, 0.1) is 5.92 Å². The lowest BCUT2D eigenvalue weighted by molar-refractivity contribution is -0.124. The summed E-state index contributed by atoms with van der Waals surface area (Å²) in [6.07, 6.45) is 2.91. The molecular formula is C20H22ClN3O3. The van der Waals surface area contributed by atoms with E-state index in [1.807, 2.05) is 24.3 Å². The molecule has 1 saturated heterocycles.